The lowest BCUT2D eigenvalue weighted by Gasteiger charge is -2.28. The number of hydrogen-bond acceptors (Lipinski definition) is 2. The quantitative estimate of drug-likeness (QED) is 0.128. The van der Waals surface area contributed by atoms with Crippen LogP contribution in [-0.2, 0) is 14.9 Å². The van der Waals surface area contributed by atoms with E-state index in [9.17, 15) is 4.79 Å². The first-order valence-corrected chi connectivity index (χ1v) is 14.4. The van der Waals surface area contributed by atoms with E-state index in [1.807, 2.05) is 25.1 Å². The largest absolute Gasteiger partial charge is 0.465 e. The van der Waals surface area contributed by atoms with Gasteiger partial charge < -0.3 is 4.74 Å². The van der Waals surface area contributed by atoms with Crippen LogP contribution in [0, 0.1) is 0 Å². The molecule has 0 saturated carbocycles. The molecule has 1 atom stereocenters. The fourth-order valence-electron chi connectivity index (χ4n) is 4.67. The third-order valence-electron chi connectivity index (χ3n) is 7.12. The van der Waals surface area contributed by atoms with Crippen molar-refractivity contribution in [2.45, 2.75) is 148 Å². The maximum absolute atomic E-state index is 12.9. The molecule has 0 spiro atoms. The second kappa shape index (κ2) is 20.1. The second-order valence-electron chi connectivity index (χ2n) is 10.2. The predicted octanol–water partition coefficient (Wildman–Crippen LogP) is 9.94. The summed E-state index contributed by atoms with van der Waals surface area (Å²) < 4.78 is 5.74. The molecular weight excluding hydrogens is 404 g/mol. The van der Waals surface area contributed by atoms with Crippen LogP contribution in [0.15, 0.2) is 30.3 Å². The van der Waals surface area contributed by atoms with Crippen molar-refractivity contribution < 1.29 is 9.53 Å². The van der Waals surface area contributed by atoms with Gasteiger partial charge in [-0.1, -0.05) is 153 Å². The lowest BCUT2D eigenvalue weighted by atomic mass is 9.78. The Kier molecular flexibility index (Phi) is 18.1. The van der Waals surface area contributed by atoms with Gasteiger partial charge >= 0.3 is 5.97 Å². The monoisotopic (exact) mass is 458 g/mol. The van der Waals surface area contributed by atoms with Crippen molar-refractivity contribution in [2.24, 2.45) is 0 Å². The van der Waals surface area contributed by atoms with Crippen LogP contribution in [0.5, 0.6) is 0 Å². The fourth-order valence-corrected chi connectivity index (χ4v) is 4.67. The molecule has 0 heterocycles. The number of carbonyl (C=O) groups excluding carboxylic acids is 1. The van der Waals surface area contributed by atoms with E-state index in [0.29, 0.717) is 6.61 Å². The third kappa shape index (κ3) is 13.9. The average Bonchev–Trinajstić information content (AvgIpc) is 2.84. The molecule has 0 amide bonds. The van der Waals surface area contributed by atoms with Gasteiger partial charge in [-0.15, -0.1) is 0 Å². The van der Waals surface area contributed by atoms with Gasteiger partial charge in [0.25, 0.3) is 0 Å². The van der Waals surface area contributed by atoms with Crippen LogP contribution in [0.1, 0.15) is 148 Å². The number of esters is 1. The van der Waals surface area contributed by atoms with Crippen molar-refractivity contribution in [3.8, 4) is 0 Å². The lowest BCUT2D eigenvalue weighted by molar-refractivity contribution is -0.150. The standard InChI is InChI=1S/C31H54O2/c1-4-6-8-9-10-11-12-13-14-15-16-17-18-19-20-24-28-33-30(32)31(3,27-7-5-2)29-25-22-21-23-26-29/h21-23,25-26H,4-20,24,27-28H2,1-3H3. The molecule has 1 unspecified atom stereocenters. The zero-order valence-corrected chi connectivity index (χ0v) is 22.3. The molecular formula is C31H54O2. The first-order chi connectivity index (χ1) is 16.1. The van der Waals surface area contributed by atoms with E-state index in [4.69, 9.17) is 4.74 Å². The highest BCUT2D eigenvalue weighted by atomic mass is 16.5. The van der Waals surface area contributed by atoms with E-state index in [-0.39, 0.29) is 5.97 Å². The highest BCUT2D eigenvalue weighted by Gasteiger charge is 2.35. The van der Waals surface area contributed by atoms with E-state index in [2.05, 4.69) is 26.0 Å². The summed E-state index contributed by atoms with van der Waals surface area (Å²) in [6.07, 6.45) is 24.7. The molecule has 0 aliphatic rings. The van der Waals surface area contributed by atoms with Gasteiger partial charge in [-0.3, -0.25) is 4.79 Å². The SMILES string of the molecule is CCCCCCCCCCCCCCCCCCOC(=O)C(C)(CCCC)c1ccccc1. The number of benzene rings is 1. The second-order valence-corrected chi connectivity index (χ2v) is 10.2. The summed E-state index contributed by atoms with van der Waals surface area (Å²) in [5.74, 6) is -0.0527. The van der Waals surface area contributed by atoms with Gasteiger partial charge in [-0.25, -0.2) is 0 Å². The summed E-state index contributed by atoms with van der Waals surface area (Å²) in [6.45, 7) is 7.07. The number of rotatable bonds is 22. The van der Waals surface area contributed by atoms with E-state index < -0.39 is 5.41 Å². The van der Waals surface area contributed by atoms with E-state index >= 15 is 0 Å². The summed E-state index contributed by atoms with van der Waals surface area (Å²) in [6, 6.07) is 10.2. The molecule has 1 aromatic carbocycles. The van der Waals surface area contributed by atoms with Gasteiger partial charge in [0.1, 0.15) is 0 Å². The first-order valence-electron chi connectivity index (χ1n) is 14.4. The molecule has 33 heavy (non-hydrogen) atoms. The minimum Gasteiger partial charge on any atom is -0.465 e. The van der Waals surface area contributed by atoms with Crippen molar-refractivity contribution in [1.29, 1.82) is 0 Å². The zero-order valence-electron chi connectivity index (χ0n) is 22.3. The topological polar surface area (TPSA) is 26.3 Å². The van der Waals surface area contributed by atoms with Crippen molar-refractivity contribution in [2.75, 3.05) is 6.61 Å². The van der Waals surface area contributed by atoms with Crippen LogP contribution in [0.3, 0.4) is 0 Å². The Morgan fingerprint density at radius 2 is 1.06 bits per heavy atom. The first kappa shape index (κ1) is 29.7. The Morgan fingerprint density at radius 3 is 1.52 bits per heavy atom. The van der Waals surface area contributed by atoms with Gasteiger partial charge in [0.05, 0.1) is 12.0 Å². The summed E-state index contributed by atoms with van der Waals surface area (Å²) in [4.78, 5) is 12.9. The van der Waals surface area contributed by atoms with Crippen LogP contribution in [0.4, 0.5) is 0 Å². The normalized spacial score (nSPS) is 13.1. The minimum absolute atomic E-state index is 0.0527. The molecule has 0 fully saturated rings. The van der Waals surface area contributed by atoms with Gasteiger partial charge in [-0.05, 0) is 25.3 Å². The number of unbranched alkanes of at least 4 members (excludes halogenated alkanes) is 16. The van der Waals surface area contributed by atoms with Gasteiger partial charge in [0.2, 0.25) is 0 Å². The lowest BCUT2D eigenvalue weighted by Crippen LogP contribution is -2.34. The molecule has 2 nitrogen and oxygen atoms in total. The molecule has 0 N–H and O–H groups in total. The Balaban J connectivity index is 2.01. The summed E-state index contributed by atoms with van der Waals surface area (Å²) in [7, 11) is 0. The fraction of sp³-hybridized carbons (Fsp3) is 0.774. The predicted molar refractivity (Wildman–Crippen MR) is 144 cm³/mol. The molecule has 0 aromatic heterocycles. The number of carbonyl (C=O) groups is 1. The van der Waals surface area contributed by atoms with Crippen LogP contribution >= 0.6 is 0 Å². The summed E-state index contributed by atoms with van der Waals surface area (Å²) >= 11 is 0. The zero-order chi connectivity index (χ0) is 24.0. The highest BCUT2D eigenvalue weighted by molar-refractivity contribution is 5.82. The van der Waals surface area contributed by atoms with Crippen molar-refractivity contribution >= 4 is 5.97 Å². The smallest absolute Gasteiger partial charge is 0.316 e. The van der Waals surface area contributed by atoms with Crippen LogP contribution < -0.4 is 0 Å². The van der Waals surface area contributed by atoms with Crippen LogP contribution in [-0.4, -0.2) is 12.6 Å². The summed E-state index contributed by atoms with van der Waals surface area (Å²) in [5.41, 5.74) is 0.558. The maximum atomic E-state index is 12.9. The average molecular weight is 459 g/mol. The molecule has 0 bridgehead atoms. The van der Waals surface area contributed by atoms with E-state index in [0.717, 1.165) is 31.2 Å². The Bertz CT molecular complexity index is 568. The van der Waals surface area contributed by atoms with Crippen molar-refractivity contribution in [1.82, 2.24) is 0 Å². The van der Waals surface area contributed by atoms with Gasteiger partial charge in [0, 0.05) is 0 Å². The van der Waals surface area contributed by atoms with Crippen LogP contribution in [0.2, 0.25) is 0 Å². The van der Waals surface area contributed by atoms with E-state index in [1.54, 1.807) is 0 Å². The molecule has 0 saturated heterocycles. The van der Waals surface area contributed by atoms with Gasteiger partial charge in [-0.2, -0.15) is 0 Å². The van der Waals surface area contributed by atoms with Crippen molar-refractivity contribution in [3.63, 3.8) is 0 Å². The van der Waals surface area contributed by atoms with E-state index in [1.165, 1.54) is 96.3 Å². The summed E-state index contributed by atoms with van der Waals surface area (Å²) in [5, 5.41) is 0. The number of hydrogen-bond donors (Lipinski definition) is 0. The molecule has 0 aliphatic carbocycles. The number of ether oxygens (including phenoxy) is 1. The highest BCUT2D eigenvalue weighted by Crippen LogP contribution is 2.31. The third-order valence-corrected chi connectivity index (χ3v) is 7.12. The minimum atomic E-state index is -0.522. The maximum Gasteiger partial charge on any atom is 0.316 e. The molecule has 0 aliphatic heterocycles. The Hall–Kier alpha value is -1.31. The van der Waals surface area contributed by atoms with Crippen molar-refractivity contribution in [3.05, 3.63) is 35.9 Å². The molecule has 2 heteroatoms. The Labute approximate surface area is 206 Å². The van der Waals surface area contributed by atoms with Crippen LogP contribution in [0.25, 0.3) is 0 Å². The Morgan fingerprint density at radius 1 is 0.636 bits per heavy atom. The van der Waals surface area contributed by atoms with Gasteiger partial charge in [0.15, 0.2) is 0 Å². The molecule has 190 valence electrons. The molecule has 1 aromatic rings. The molecule has 1 rings (SSSR count). The molecule has 0 radical (unpaired) electrons.